The van der Waals surface area contributed by atoms with Crippen LogP contribution in [0.4, 0.5) is 18.0 Å². The number of nitrogens with zero attached hydrogens (tertiary/aromatic N) is 3. The molecular weight excluding hydrogens is 303 g/mol. The third kappa shape index (κ3) is 4.88. The van der Waals surface area contributed by atoms with Crippen LogP contribution in [-0.4, -0.2) is 46.0 Å². The van der Waals surface area contributed by atoms with E-state index in [1.165, 1.54) is 4.90 Å². The van der Waals surface area contributed by atoms with Crippen molar-refractivity contribution in [1.29, 1.82) is 0 Å². The fourth-order valence-electron chi connectivity index (χ4n) is 2.05. The van der Waals surface area contributed by atoms with Crippen LogP contribution in [0, 0.1) is 5.92 Å². The third-order valence-corrected chi connectivity index (χ3v) is 2.94. The van der Waals surface area contributed by atoms with Crippen LogP contribution < -0.4 is 0 Å². The van der Waals surface area contributed by atoms with Gasteiger partial charge in [-0.05, 0) is 20.8 Å². The first-order valence-electron chi connectivity index (χ1n) is 6.88. The predicted molar refractivity (Wildman–Crippen MR) is 69.1 cm³/mol. The molecule has 9 heteroatoms. The number of amides is 1. The van der Waals surface area contributed by atoms with Gasteiger partial charge < -0.3 is 14.2 Å². The Kier molecular flexibility index (Phi) is 4.35. The van der Waals surface area contributed by atoms with Crippen LogP contribution in [0.15, 0.2) is 4.52 Å². The van der Waals surface area contributed by atoms with Gasteiger partial charge in [0, 0.05) is 25.4 Å². The van der Waals surface area contributed by atoms with E-state index in [0.717, 1.165) is 0 Å². The van der Waals surface area contributed by atoms with Crippen LogP contribution in [0.5, 0.6) is 0 Å². The molecule has 1 aliphatic rings. The first kappa shape index (κ1) is 16.6. The summed E-state index contributed by atoms with van der Waals surface area (Å²) in [6.07, 6.45) is -5.60. The molecule has 0 radical (unpaired) electrons. The number of hydrogen-bond donors (Lipinski definition) is 0. The summed E-state index contributed by atoms with van der Waals surface area (Å²) in [5.74, 6) is -0.120. The number of carbonyl (C=O) groups excluding carboxylic acids is 1. The van der Waals surface area contributed by atoms with E-state index < -0.39 is 24.3 Å². The maximum atomic E-state index is 12.2. The van der Waals surface area contributed by atoms with Gasteiger partial charge in [0.2, 0.25) is 5.89 Å². The molecule has 1 aliphatic heterocycles. The highest BCUT2D eigenvalue weighted by atomic mass is 19.4. The predicted octanol–water partition coefficient (Wildman–Crippen LogP) is 2.58. The zero-order valence-electron chi connectivity index (χ0n) is 12.6. The lowest BCUT2D eigenvalue weighted by atomic mass is 9.97. The van der Waals surface area contributed by atoms with Gasteiger partial charge in [-0.2, -0.15) is 18.2 Å². The minimum absolute atomic E-state index is 0.0895. The summed E-state index contributed by atoms with van der Waals surface area (Å²) in [5.41, 5.74) is -0.554. The molecule has 0 N–H and O–H groups in total. The van der Waals surface area contributed by atoms with Crippen molar-refractivity contribution in [1.82, 2.24) is 15.0 Å². The molecule has 124 valence electrons. The Hall–Kier alpha value is -1.80. The van der Waals surface area contributed by atoms with E-state index in [1.54, 1.807) is 20.8 Å². The van der Waals surface area contributed by atoms with Gasteiger partial charge in [-0.3, -0.25) is 0 Å². The van der Waals surface area contributed by atoms with Gasteiger partial charge in [0.15, 0.2) is 5.82 Å². The molecule has 22 heavy (non-hydrogen) atoms. The van der Waals surface area contributed by atoms with Crippen molar-refractivity contribution in [3.8, 4) is 0 Å². The summed E-state index contributed by atoms with van der Waals surface area (Å²) in [6, 6.07) is 0. The van der Waals surface area contributed by atoms with E-state index in [2.05, 4.69) is 10.1 Å². The van der Waals surface area contributed by atoms with Gasteiger partial charge in [0.05, 0.1) is 0 Å². The molecule has 0 aromatic carbocycles. The number of halogens is 3. The van der Waals surface area contributed by atoms with Crippen LogP contribution in [-0.2, 0) is 17.6 Å². The average Bonchev–Trinajstić information content (AvgIpc) is 2.64. The number of ether oxygens (including phenoxy) is 1. The Morgan fingerprint density at radius 3 is 2.55 bits per heavy atom. The average molecular weight is 321 g/mol. The van der Waals surface area contributed by atoms with Crippen LogP contribution in [0.3, 0.4) is 0 Å². The Labute approximate surface area is 125 Å². The van der Waals surface area contributed by atoms with E-state index in [1.807, 2.05) is 0 Å². The van der Waals surface area contributed by atoms with Crippen molar-refractivity contribution in [3.63, 3.8) is 0 Å². The van der Waals surface area contributed by atoms with Gasteiger partial charge in [-0.25, -0.2) is 4.79 Å². The second kappa shape index (κ2) is 5.77. The zero-order valence-corrected chi connectivity index (χ0v) is 12.6. The van der Waals surface area contributed by atoms with Gasteiger partial charge in [0.25, 0.3) is 0 Å². The van der Waals surface area contributed by atoms with Crippen molar-refractivity contribution in [2.45, 2.75) is 45.4 Å². The molecule has 0 spiro atoms. The van der Waals surface area contributed by atoms with Gasteiger partial charge in [0.1, 0.15) is 12.0 Å². The lowest BCUT2D eigenvalue weighted by Crippen LogP contribution is -2.52. The molecule has 1 aromatic rings. The number of alkyl halides is 3. The Balaban J connectivity index is 1.77. The minimum atomic E-state index is -4.36. The highest BCUT2D eigenvalue weighted by Crippen LogP contribution is 2.23. The van der Waals surface area contributed by atoms with Gasteiger partial charge in [-0.15, -0.1) is 0 Å². The van der Waals surface area contributed by atoms with Crippen molar-refractivity contribution in [3.05, 3.63) is 11.7 Å². The number of rotatable bonds is 3. The molecule has 1 aromatic heterocycles. The van der Waals surface area contributed by atoms with Crippen LogP contribution >= 0.6 is 0 Å². The molecule has 2 rings (SSSR count). The van der Waals surface area contributed by atoms with Crippen molar-refractivity contribution in [2.24, 2.45) is 5.92 Å². The summed E-state index contributed by atoms with van der Waals surface area (Å²) in [7, 11) is 0. The second-order valence-corrected chi connectivity index (χ2v) is 6.35. The summed E-state index contributed by atoms with van der Waals surface area (Å²) >= 11 is 0. The van der Waals surface area contributed by atoms with Crippen molar-refractivity contribution >= 4 is 6.09 Å². The smallest absolute Gasteiger partial charge is 0.410 e. The van der Waals surface area contributed by atoms with Crippen molar-refractivity contribution < 1.29 is 27.2 Å². The molecule has 0 bridgehead atoms. The summed E-state index contributed by atoms with van der Waals surface area (Å²) in [6.45, 7) is 6.27. The lowest BCUT2D eigenvalue weighted by Gasteiger charge is -2.39. The highest BCUT2D eigenvalue weighted by molar-refractivity contribution is 5.69. The summed E-state index contributed by atoms with van der Waals surface area (Å²) < 4.78 is 46.6. The number of likely N-dealkylation sites (tertiary alicyclic amines) is 1. The fraction of sp³-hybridized carbons (Fsp3) is 0.769. The molecule has 1 saturated heterocycles. The zero-order chi connectivity index (χ0) is 16.5. The second-order valence-electron chi connectivity index (χ2n) is 6.35. The molecule has 0 saturated carbocycles. The molecule has 0 aliphatic carbocycles. The Morgan fingerprint density at radius 1 is 1.36 bits per heavy atom. The standard InChI is InChI=1S/C13H18F3N3O3/c1-12(2,3)21-11(20)19-6-8(7-19)4-10-17-9(18-22-10)5-13(14,15)16/h8H,4-7H2,1-3H3. The van der Waals surface area contributed by atoms with Crippen molar-refractivity contribution in [2.75, 3.05) is 13.1 Å². The summed E-state index contributed by atoms with van der Waals surface area (Å²) in [5, 5.41) is 3.30. The maximum Gasteiger partial charge on any atom is 0.410 e. The lowest BCUT2D eigenvalue weighted by molar-refractivity contribution is -0.128. The minimum Gasteiger partial charge on any atom is -0.444 e. The SMILES string of the molecule is CC(C)(C)OC(=O)N1CC(Cc2nc(CC(F)(F)F)no2)C1. The maximum absolute atomic E-state index is 12.2. The Bertz CT molecular complexity index is 531. The van der Waals surface area contributed by atoms with E-state index in [9.17, 15) is 18.0 Å². The number of carbonyl (C=O) groups is 1. The van der Waals surface area contributed by atoms with E-state index >= 15 is 0 Å². The van der Waals surface area contributed by atoms with E-state index in [-0.39, 0.29) is 17.6 Å². The molecule has 2 heterocycles. The van der Waals surface area contributed by atoms with Crippen LogP contribution in [0.25, 0.3) is 0 Å². The molecule has 1 amide bonds. The third-order valence-electron chi connectivity index (χ3n) is 2.94. The van der Waals surface area contributed by atoms with E-state index in [4.69, 9.17) is 9.26 Å². The number of aromatic nitrogens is 2. The topological polar surface area (TPSA) is 68.5 Å². The Morgan fingerprint density at radius 2 is 2.00 bits per heavy atom. The monoisotopic (exact) mass is 321 g/mol. The van der Waals surface area contributed by atoms with E-state index in [0.29, 0.717) is 19.5 Å². The largest absolute Gasteiger partial charge is 0.444 e. The molecule has 0 atom stereocenters. The fourth-order valence-corrected chi connectivity index (χ4v) is 2.05. The first-order chi connectivity index (χ1) is 10.0. The van der Waals surface area contributed by atoms with Gasteiger partial charge in [-0.1, -0.05) is 5.16 Å². The molecule has 1 fully saturated rings. The van der Waals surface area contributed by atoms with Crippen LogP contribution in [0.2, 0.25) is 0 Å². The first-order valence-corrected chi connectivity index (χ1v) is 6.88. The number of hydrogen-bond acceptors (Lipinski definition) is 5. The molecule has 6 nitrogen and oxygen atoms in total. The molecule has 0 unspecified atom stereocenters. The summed E-state index contributed by atoms with van der Waals surface area (Å²) in [4.78, 5) is 17.0. The highest BCUT2D eigenvalue weighted by Gasteiger charge is 2.35. The van der Waals surface area contributed by atoms with Crippen LogP contribution in [0.1, 0.15) is 32.5 Å². The molecular formula is C13H18F3N3O3. The quantitative estimate of drug-likeness (QED) is 0.856. The van der Waals surface area contributed by atoms with Gasteiger partial charge >= 0.3 is 12.3 Å². The normalized spacial score (nSPS) is 16.5.